The lowest BCUT2D eigenvalue weighted by atomic mass is 10.5. The number of hydrogen-bond donors (Lipinski definition) is 2. The Kier molecular flexibility index (Phi) is 2.29. The largest absolute Gasteiger partial charge is 0.466 e. The number of alkyl halides is 3. The van der Waals surface area contributed by atoms with Crippen LogP contribution in [0.25, 0.3) is 11.2 Å². The Morgan fingerprint density at radius 3 is 2.81 bits per heavy atom. The van der Waals surface area contributed by atoms with Gasteiger partial charge in [-0.1, -0.05) is 0 Å². The van der Waals surface area contributed by atoms with Gasteiger partial charge in [0.1, 0.15) is 5.52 Å². The van der Waals surface area contributed by atoms with Crippen molar-refractivity contribution >= 4 is 17.1 Å². The first kappa shape index (κ1) is 10.5. The third-order valence-corrected chi connectivity index (χ3v) is 1.64. The minimum atomic E-state index is -4.44. The van der Waals surface area contributed by atoms with Crippen LogP contribution in [0.15, 0.2) is 6.33 Å². The summed E-state index contributed by atoms with van der Waals surface area (Å²) < 4.78 is 40.3. The molecular formula is C7H6F3N5O. The number of nitrogens with one attached hydrogen (secondary N) is 1. The zero-order valence-corrected chi connectivity index (χ0v) is 7.75. The maximum Gasteiger partial charge on any atom is 0.422 e. The number of ether oxygens (including phenoxy) is 1. The molecule has 0 aliphatic carbocycles. The molecule has 6 nitrogen and oxygen atoms in total. The molecule has 0 aliphatic rings. The third kappa shape index (κ3) is 2.12. The van der Waals surface area contributed by atoms with Crippen LogP contribution in [0.1, 0.15) is 0 Å². The van der Waals surface area contributed by atoms with Crippen LogP contribution in [-0.2, 0) is 0 Å². The summed E-state index contributed by atoms with van der Waals surface area (Å²) in [5, 5.41) is 0. The van der Waals surface area contributed by atoms with Gasteiger partial charge in [-0.15, -0.1) is 0 Å². The van der Waals surface area contributed by atoms with E-state index in [0.29, 0.717) is 0 Å². The molecule has 9 heteroatoms. The average Bonchev–Trinajstić information content (AvgIpc) is 2.60. The normalized spacial score (nSPS) is 11.9. The summed E-state index contributed by atoms with van der Waals surface area (Å²) in [6.45, 7) is -1.45. The molecule has 2 aromatic heterocycles. The smallest absolute Gasteiger partial charge is 0.422 e. The Bertz CT molecular complexity index is 508. The number of nitrogens with zero attached hydrogens (tertiary/aromatic N) is 3. The van der Waals surface area contributed by atoms with Crippen LogP contribution < -0.4 is 10.5 Å². The summed E-state index contributed by atoms with van der Waals surface area (Å²) in [5.41, 5.74) is 5.62. The first-order valence-electron chi connectivity index (χ1n) is 4.12. The van der Waals surface area contributed by atoms with Crippen molar-refractivity contribution in [2.45, 2.75) is 6.18 Å². The molecule has 2 aromatic rings. The van der Waals surface area contributed by atoms with E-state index in [1.807, 2.05) is 0 Å². The summed E-state index contributed by atoms with van der Waals surface area (Å²) in [5.74, 6) is -0.464. The van der Waals surface area contributed by atoms with E-state index in [2.05, 4.69) is 24.7 Å². The van der Waals surface area contributed by atoms with Gasteiger partial charge in [-0.05, 0) is 0 Å². The Morgan fingerprint density at radius 2 is 2.12 bits per heavy atom. The van der Waals surface area contributed by atoms with Gasteiger partial charge in [-0.3, -0.25) is 0 Å². The van der Waals surface area contributed by atoms with E-state index in [4.69, 9.17) is 5.73 Å². The van der Waals surface area contributed by atoms with Gasteiger partial charge in [0, 0.05) is 0 Å². The molecule has 0 saturated heterocycles. The number of imidazole rings is 1. The van der Waals surface area contributed by atoms with Crippen molar-refractivity contribution in [1.82, 2.24) is 19.9 Å². The molecule has 0 unspecified atom stereocenters. The fourth-order valence-corrected chi connectivity index (χ4v) is 1.08. The quantitative estimate of drug-likeness (QED) is 0.803. The SMILES string of the molecule is Nc1nc(OCC(F)(F)F)c2[nH]cnc2n1. The number of halogens is 3. The topological polar surface area (TPSA) is 89.7 Å². The Balaban J connectivity index is 2.32. The molecule has 86 valence electrons. The number of hydrogen-bond acceptors (Lipinski definition) is 5. The lowest BCUT2D eigenvalue weighted by Crippen LogP contribution is -2.20. The highest BCUT2D eigenvalue weighted by atomic mass is 19.4. The molecular weight excluding hydrogens is 227 g/mol. The van der Waals surface area contributed by atoms with E-state index in [1.165, 1.54) is 6.33 Å². The lowest BCUT2D eigenvalue weighted by molar-refractivity contribution is -0.153. The molecule has 0 atom stereocenters. The van der Waals surface area contributed by atoms with E-state index in [0.717, 1.165) is 0 Å². The first-order chi connectivity index (χ1) is 7.46. The molecule has 0 bridgehead atoms. The van der Waals surface area contributed by atoms with Gasteiger partial charge in [0.15, 0.2) is 12.3 Å². The summed E-state index contributed by atoms with van der Waals surface area (Å²) in [4.78, 5) is 13.6. The fraction of sp³-hybridized carbons (Fsp3) is 0.286. The predicted octanol–water partition coefficient (Wildman–Crippen LogP) is 0.876. The van der Waals surface area contributed by atoms with Crippen LogP contribution in [0, 0.1) is 0 Å². The van der Waals surface area contributed by atoms with Gasteiger partial charge < -0.3 is 15.5 Å². The van der Waals surface area contributed by atoms with E-state index < -0.39 is 12.8 Å². The molecule has 3 N–H and O–H groups in total. The second kappa shape index (κ2) is 3.51. The van der Waals surface area contributed by atoms with Crippen LogP contribution in [0.5, 0.6) is 5.88 Å². The Hall–Kier alpha value is -2.06. The number of anilines is 1. The van der Waals surface area contributed by atoms with Crippen LogP contribution in [-0.4, -0.2) is 32.7 Å². The second-order valence-electron chi connectivity index (χ2n) is 2.89. The van der Waals surface area contributed by atoms with Crippen molar-refractivity contribution in [1.29, 1.82) is 0 Å². The van der Waals surface area contributed by atoms with Gasteiger partial charge in [-0.25, -0.2) is 4.98 Å². The van der Waals surface area contributed by atoms with Crippen LogP contribution in [0.3, 0.4) is 0 Å². The maximum atomic E-state index is 11.9. The second-order valence-corrected chi connectivity index (χ2v) is 2.89. The van der Waals surface area contributed by atoms with Gasteiger partial charge in [0.2, 0.25) is 11.8 Å². The van der Waals surface area contributed by atoms with Crippen molar-refractivity contribution in [3.05, 3.63) is 6.33 Å². The minimum absolute atomic E-state index is 0.157. The Morgan fingerprint density at radius 1 is 1.38 bits per heavy atom. The maximum absolute atomic E-state index is 11.9. The summed E-state index contributed by atoms with van der Waals surface area (Å²) in [6.07, 6.45) is -3.18. The van der Waals surface area contributed by atoms with E-state index >= 15 is 0 Å². The van der Waals surface area contributed by atoms with E-state index in [1.54, 1.807) is 0 Å². The highest BCUT2D eigenvalue weighted by molar-refractivity contribution is 5.76. The van der Waals surface area contributed by atoms with Crippen LogP contribution in [0.4, 0.5) is 19.1 Å². The zero-order chi connectivity index (χ0) is 11.8. The monoisotopic (exact) mass is 233 g/mol. The van der Waals surface area contributed by atoms with Gasteiger partial charge in [0.25, 0.3) is 0 Å². The van der Waals surface area contributed by atoms with Gasteiger partial charge >= 0.3 is 6.18 Å². The number of aromatic nitrogens is 4. The van der Waals surface area contributed by atoms with E-state index in [-0.39, 0.29) is 23.0 Å². The number of rotatable bonds is 2. The fourth-order valence-electron chi connectivity index (χ4n) is 1.08. The molecule has 0 fully saturated rings. The molecule has 2 rings (SSSR count). The van der Waals surface area contributed by atoms with Crippen molar-refractivity contribution in [2.24, 2.45) is 0 Å². The molecule has 0 spiro atoms. The summed E-state index contributed by atoms with van der Waals surface area (Å²) in [7, 11) is 0. The van der Waals surface area contributed by atoms with Crippen molar-refractivity contribution in [3.8, 4) is 5.88 Å². The van der Waals surface area contributed by atoms with Crippen molar-refractivity contribution < 1.29 is 17.9 Å². The number of nitrogens with two attached hydrogens (primary N) is 1. The molecule has 2 heterocycles. The van der Waals surface area contributed by atoms with Crippen LogP contribution in [0.2, 0.25) is 0 Å². The predicted molar refractivity (Wildman–Crippen MR) is 47.6 cm³/mol. The lowest BCUT2D eigenvalue weighted by Gasteiger charge is -2.08. The Labute approximate surface area is 86.7 Å². The molecule has 0 aromatic carbocycles. The highest BCUT2D eigenvalue weighted by Crippen LogP contribution is 2.22. The highest BCUT2D eigenvalue weighted by Gasteiger charge is 2.29. The van der Waals surface area contributed by atoms with Crippen molar-refractivity contribution in [2.75, 3.05) is 12.3 Å². The first-order valence-corrected chi connectivity index (χ1v) is 4.12. The summed E-state index contributed by atoms with van der Waals surface area (Å²) >= 11 is 0. The number of nitrogen functional groups attached to an aromatic ring is 1. The number of fused-ring (bicyclic) bond motifs is 1. The molecule has 16 heavy (non-hydrogen) atoms. The zero-order valence-electron chi connectivity index (χ0n) is 7.75. The molecule has 0 radical (unpaired) electrons. The minimum Gasteiger partial charge on any atom is -0.466 e. The molecule has 0 amide bonds. The van der Waals surface area contributed by atoms with Gasteiger partial charge in [0.05, 0.1) is 6.33 Å². The van der Waals surface area contributed by atoms with Crippen molar-refractivity contribution in [3.63, 3.8) is 0 Å². The number of H-pyrrole nitrogens is 1. The summed E-state index contributed by atoms with van der Waals surface area (Å²) in [6, 6.07) is 0. The standard InChI is InChI=1S/C7H6F3N5O/c8-7(9,10)1-16-5-3-4(13-2-12-3)14-6(11)15-5/h2H,1H2,(H3,11,12,13,14,15). The third-order valence-electron chi connectivity index (χ3n) is 1.64. The molecule has 0 saturated carbocycles. The van der Waals surface area contributed by atoms with Crippen LogP contribution >= 0.6 is 0 Å². The number of aromatic amines is 1. The van der Waals surface area contributed by atoms with E-state index in [9.17, 15) is 13.2 Å². The molecule has 0 aliphatic heterocycles. The average molecular weight is 233 g/mol. The van der Waals surface area contributed by atoms with Gasteiger partial charge in [-0.2, -0.15) is 23.1 Å².